The molecule has 2 heterocycles. The van der Waals surface area contributed by atoms with Crippen LogP contribution in [0.5, 0.6) is 0 Å². The fourth-order valence-corrected chi connectivity index (χ4v) is 3.60. The van der Waals surface area contributed by atoms with Crippen molar-refractivity contribution < 1.29 is 0 Å². The van der Waals surface area contributed by atoms with Gasteiger partial charge in [0.05, 0.1) is 27.9 Å². The van der Waals surface area contributed by atoms with E-state index < -0.39 is 0 Å². The van der Waals surface area contributed by atoms with E-state index in [1.165, 1.54) is 0 Å². The minimum Gasteiger partial charge on any atom is -0.357 e. The number of nitrogens with one attached hydrogen (secondary N) is 2. The Hall–Kier alpha value is -1.47. The molecule has 0 saturated carbocycles. The van der Waals surface area contributed by atoms with Crippen molar-refractivity contribution in [3.05, 3.63) is 32.2 Å². The van der Waals surface area contributed by atoms with Gasteiger partial charge in [-0.1, -0.05) is 20.8 Å². The molecule has 0 spiro atoms. The Morgan fingerprint density at radius 1 is 1.12 bits per heavy atom. The van der Waals surface area contributed by atoms with E-state index in [1.54, 1.807) is 22.7 Å². The van der Waals surface area contributed by atoms with Crippen LogP contribution in [-0.2, 0) is 18.4 Å². The first-order valence-electron chi connectivity index (χ1n) is 8.26. The fourth-order valence-electron chi connectivity index (χ4n) is 2.06. The summed E-state index contributed by atoms with van der Waals surface area (Å²) in [5.41, 5.74) is 2.26. The van der Waals surface area contributed by atoms with Crippen molar-refractivity contribution in [2.24, 2.45) is 4.99 Å². The second kappa shape index (κ2) is 8.58. The summed E-state index contributed by atoms with van der Waals surface area (Å²) in [7, 11) is 0. The molecule has 0 amide bonds. The van der Waals surface area contributed by atoms with Gasteiger partial charge < -0.3 is 10.6 Å². The van der Waals surface area contributed by atoms with Gasteiger partial charge in [-0.05, 0) is 13.8 Å². The largest absolute Gasteiger partial charge is 0.357 e. The highest BCUT2D eigenvalue weighted by Gasteiger charge is 2.17. The van der Waals surface area contributed by atoms with E-state index in [2.05, 4.69) is 59.1 Å². The first-order chi connectivity index (χ1) is 11.4. The van der Waals surface area contributed by atoms with Gasteiger partial charge in [0.25, 0.3) is 0 Å². The number of thiazole rings is 2. The molecule has 0 aliphatic carbocycles. The minimum atomic E-state index is 0.0983. The fraction of sp³-hybridized carbons (Fsp3) is 0.588. The Bertz CT molecular complexity index is 667. The van der Waals surface area contributed by atoms with Crippen LogP contribution in [0.3, 0.4) is 0 Å². The van der Waals surface area contributed by atoms with E-state index in [9.17, 15) is 0 Å². The molecule has 132 valence electrons. The zero-order valence-corrected chi connectivity index (χ0v) is 16.8. The molecular weight excluding hydrogens is 338 g/mol. The lowest BCUT2D eigenvalue weighted by atomic mass is 9.98. The van der Waals surface area contributed by atoms with Crippen LogP contribution in [0.15, 0.2) is 15.8 Å². The smallest absolute Gasteiger partial charge is 0.191 e. The highest BCUT2D eigenvalue weighted by molar-refractivity contribution is 7.10. The highest BCUT2D eigenvalue weighted by atomic mass is 32.1. The summed E-state index contributed by atoms with van der Waals surface area (Å²) in [6.07, 6.45) is 0.902. The maximum Gasteiger partial charge on any atom is 0.191 e. The van der Waals surface area contributed by atoms with Crippen LogP contribution in [0, 0.1) is 6.92 Å². The van der Waals surface area contributed by atoms with Crippen LogP contribution in [0.25, 0.3) is 0 Å². The zero-order valence-electron chi connectivity index (χ0n) is 15.1. The molecule has 0 atom stereocenters. The van der Waals surface area contributed by atoms with Crippen LogP contribution in [-0.4, -0.2) is 29.0 Å². The molecule has 5 nitrogen and oxygen atoms in total. The average molecular weight is 366 g/mol. The molecule has 0 saturated heterocycles. The van der Waals surface area contributed by atoms with E-state index in [0.717, 1.165) is 46.9 Å². The third kappa shape index (κ3) is 5.87. The Kier molecular flexibility index (Phi) is 6.74. The van der Waals surface area contributed by atoms with Crippen LogP contribution < -0.4 is 10.6 Å². The number of aryl methyl sites for hydroxylation is 1. The molecule has 0 aliphatic heterocycles. The summed E-state index contributed by atoms with van der Waals surface area (Å²) in [5.74, 6) is 0.828. The maximum atomic E-state index is 4.69. The molecule has 7 heteroatoms. The average Bonchev–Trinajstić information content (AvgIpc) is 3.13. The van der Waals surface area contributed by atoms with Gasteiger partial charge in [-0.15, -0.1) is 22.7 Å². The summed E-state index contributed by atoms with van der Waals surface area (Å²) in [5, 5.41) is 13.1. The molecule has 0 bridgehead atoms. The van der Waals surface area contributed by atoms with E-state index in [-0.39, 0.29) is 5.41 Å². The summed E-state index contributed by atoms with van der Waals surface area (Å²) in [6.45, 7) is 12.9. The van der Waals surface area contributed by atoms with E-state index in [0.29, 0.717) is 6.54 Å². The van der Waals surface area contributed by atoms with E-state index >= 15 is 0 Å². The highest BCUT2D eigenvalue weighted by Crippen LogP contribution is 2.25. The number of hydrogen-bond donors (Lipinski definition) is 2. The number of aromatic nitrogens is 2. The summed E-state index contributed by atoms with van der Waals surface area (Å²) >= 11 is 3.40. The Morgan fingerprint density at radius 2 is 1.88 bits per heavy atom. The van der Waals surface area contributed by atoms with Crippen molar-refractivity contribution in [3.63, 3.8) is 0 Å². The molecule has 2 rings (SSSR count). The lowest BCUT2D eigenvalue weighted by Gasteiger charge is -2.13. The Labute approximate surface area is 152 Å². The van der Waals surface area contributed by atoms with Gasteiger partial charge in [0.15, 0.2) is 5.96 Å². The topological polar surface area (TPSA) is 62.2 Å². The van der Waals surface area contributed by atoms with Crippen LogP contribution in [0.1, 0.15) is 49.1 Å². The quantitative estimate of drug-likeness (QED) is 0.607. The van der Waals surface area contributed by atoms with Gasteiger partial charge in [-0.2, -0.15) is 0 Å². The van der Waals surface area contributed by atoms with Gasteiger partial charge >= 0.3 is 0 Å². The van der Waals surface area contributed by atoms with Crippen LogP contribution in [0.2, 0.25) is 0 Å². The first kappa shape index (κ1) is 18.9. The number of aliphatic imine (C=N–C) groups is 1. The Morgan fingerprint density at radius 3 is 2.46 bits per heavy atom. The lowest BCUT2D eigenvalue weighted by Crippen LogP contribution is -2.38. The van der Waals surface area contributed by atoms with Gasteiger partial charge in [-0.3, -0.25) is 0 Å². The standard InChI is InChI=1S/C17H27N5S2/c1-6-18-16(19-8-7-13-10-23-12(2)21-13)20-9-14-11-24-15(22-14)17(3,4)5/h10-11H,6-9H2,1-5H3,(H2,18,19,20). The molecule has 0 unspecified atom stereocenters. The van der Waals surface area contributed by atoms with Crippen molar-refractivity contribution >= 4 is 28.6 Å². The number of nitrogens with zero attached hydrogens (tertiary/aromatic N) is 3. The number of hydrogen-bond acceptors (Lipinski definition) is 5. The molecule has 0 aromatic carbocycles. The lowest BCUT2D eigenvalue weighted by molar-refractivity contribution is 0.583. The molecule has 2 aromatic rings. The number of rotatable bonds is 6. The first-order valence-corrected chi connectivity index (χ1v) is 10.0. The molecule has 0 radical (unpaired) electrons. The van der Waals surface area contributed by atoms with Gasteiger partial charge in [-0.25, -0.2) is 15.0 Å². The normalized spacial score (nSPS) is 12.5. The molecule has 0 aliphatic rings. The third-order valence-corrected chi connectivity index (χ3v) is 5.42. The van der Waals surface area contributed by atoms with Crippen molar-refractivity contribution in [3.8, 4) is 0 Å². The van der Waals surface area contributed by atoms with Crippen LogP contribution >= 0.6 is 22.7 Å². The molecule has 2 N–H and O–H groups in total. The third-order valence-electron chi connectivity index (χ3n) is 3.28. The monoisotopic (exact) mass is 365 g/mol. The second-order valence-corrected chi connectivity index (χ2v) is 8.54. The van der Waals surface area contributed by atoms with Gasteiger partial charge in [0.2, 0.25) is 0 Å². The summed E-state index contributed by atoms with van der Waals surface area (Å²) in [4.78, 5) is 13.8. The van der Waals surface area contributed by atoms with Gasteiger partial charge in [0, 0.05) is 35.7 Å². The van der Waals surface area contributed by atoms with E-state index in [1.807, 2.05) is 6.92 Å². The van der Waals surface area contributed by atoms with Crippen molar-refractivity contribution in [1.82, 2.24) is 20.6 Å². The predicted molar refractivity (Wildman–Crippen MR) is 104 cm³/mol. The van der Waals surface area contributed by atoms with Crippen molar-refractivity contribution in [2.45, 2.75) is 53.0 Å². The van der Waals surface area contributed by atoms with Crippen molar-refractivity contribution in [1.29, 1.82) is 0 Å². The van der Waals surface area contributed by atoms with E-state index in [4.69, 9.17) is 4.98 Å². The zero-order chi connectivity index (χ0) is 17.6. The molecular formula is C17H27N5S2. The number of guanidine groups is 1. The van der Waals surface area contributed by atoms with Gasteiger partial charge in [0.1, 0.15) is 0 Å². The Balaban J connectivity index is 1.89. The summed E-state index contributed by atoms with van der Waals surface area (Å²) in [6, 6.07) is 0. The SMILES string of the molecule is CCNC(=NCc1csc(C(C)(C)C)n1)NCCc1csc(C)n1. The molecule has 2 aromatic heterocycles. The van der Waals surface area contributed by atoms with Crippen LogP contribution in [0.4, 0.5) is 0 Å². The maximum absolute atomic E-state index is 4.69. The van der Waals surface area contributed by atoms with Crippen molar-refractivity contribution in [2.75, 3.05) is 13.1 Å². The molecule has 0 fully saturated rings. The second-order valence-electron chi connectivity index (χ2n) is 6.62. The predicted octanol–water partition coefficient (Wildman–Crippen LogP) is 3.50. The minimum absolute atomic E-state index is 0.0983. The summed E-state index contributed by atoms with van der Waals surface area (Å²) < 4.78 is 0. The molecule has 24 heavy (non-hydrogen) atoms.